The van der Waals surface area contributed by atoms with E-state index in [0.29, 0.717) is 5.88 Å². The van der Waals surface area contributed by atoms with Crippen molar-refractivity contribution in [3.63, 3.8) is 0 Å². The number of hydrogen-bond donors (Lipinski definition) is 0. The first-order valence-electron chi connectivity index (χ1n) is 5.62. The topological polar surface area (TPSA) is 0 Å². The quantitative estimate of drug-likeness (QED) is 0.241. The minimum absolute atomic E-state index is 0.667. The Morgan fingerprint density at radius 2 is 1.46 bits per heavy atom. The lowest BCUT2D eigenvalue weighted by Gasteiger charge is -1.98. The molecule has 0 saturated heterocycles. The highest BCUT2D eigenvalue weighted by molar-refractivity contribution is 6.18. The Labute approximate surface area is 91.2 Å². The van der Waals surface area contributed by atoms with Gasteiger partial charge in [-0.3, -0.25) is 0 Å². The second kappa shape index (κ2) is 12.2. The molecule has 0 radical (unpaired) electrons. The van der Waals surface area contributed by atoms with Crippen molar-refractivity contribution in [1.29, 1.82) is 0 Å². The van der Waals surface area contributed by atoms with Crippen molar-refractivity contribution < 1.29 is 0 Å². The van der Waals surface area contributed by atoms with Gasteiger partial charge in [-0.25, -0.2) is 0 Å². The van der Waals surface area contributed by atoms with Crippen molar-refractivity contribution in [3.8, 4) is 0 Å². The summed E-state index contributed by atoms with van der Waals surface area (Å²) in [7, 11) is 1.39. The van der Waals surface area contributed by atoms with Gasteiger partial charge in [-0.1, -0.05) is 50.3 Å². The molecule has 0 atom stereocenters. The van der Waals surface area contributed by atoms with E-state index in [9.17, 15) is 0 Å². The van der Waals surface area contributed by atoms with Crippen LogP contribution in [-0.4, -0.2) is 16.1 Å². The fraction of sp³-hybridized carbons (Fsp3) is 0.818. The molecule has 0 heterocycles. The van der Waals surface area contributed by atoms with Crippen LogP contribution in [0.5, 0.6) is 0 Å². The van der Waals surface area contributed by atoms with E-state index < -0.39 is 0 Å². The number of allylic oxidation sites excluding steroid dienone is 2. The monoisotopic (exact) mass is 218 g/mol. The summed E-state index contributed by atoms with van der Waals surface area (Å²) in [5.74, 6) is 0.667. The molecule has 2 heteroatoms. The highest BCUT2D eigenvalue weighted by Gasteiger charge is 1.88. The highest BCUT2D eigenvalue weighted by Crippen LogP contribution is 2.08. The predicted molar refractivity (Wildman–Crippen MR) is 66.9 cm³/mol. The van der Waals surface area contributed by atoms with Crippen LogP contribution in [0, 0.1) is 0 Å². The third kappa shape index (κ3) is 12.2. The van der Waals surface area contributed by atoms with Crippen molar-refractivity contribution in [3.05, 3.63) is 12.2 Å². The van der Waals surface area contributed by atoms with Crippen LogP contribution in [-0.2, 0) is 0 Å². The summed E-state index contributed by atoms with van der Waals surface area (Å²) in [4.78, 5) is 0. The standard InChI is InChI=1S/C11H23ClSi/c12-10-8-6-4-2-1-3-5-7-9-11-13/h6,8H,1-5,7,9-11H2,13H3. The summed E-state index contributed by atoms with van der Waals surface area (Å²) in [6.45, 7) is 0. The third-order valence-electron chi connectivity index (χ3n) is 2.23. The number of unbranched alkanes of at least 4 members (excludes halogenated alkanes) is 6. The van der Waals surface area contributed by atoms with Gasteiger partial charge in [0.1, 0.15) is 0 Å². The van der Waals surface area contributed by atoms with Gasteiger partial charge >= 0.3 is 0 Å². The third-order valence-corrected chi connectivity index (χ3v) is 3.12. The van der Waals surface area contributed by atoms with Crippen LogP contribution in [0.1, 0.15) is 44.9 Å². The van der Waals surface area contributed by atoms with Crippen LogP contribution in [0.25, 0.3) is 0 Å². The largest absolute Gasteiger partial charge is 0.122 e. The molecule has 0 aromatic rings. The zero-order valence-corrected chi connectivity index (χ0v) is 11.7. The van der Waals surface area contributed by atoms with Gasteiger partial charge in [-0.15, -0.1) is 11.6 Å². The minimum Gasteiger partial charge on any atom is -0.122 e. The van der Waals surface area contributed by atoms with Gasteiger partial charge in [0.05, 0.1) is 0 Å². The average molecular weight is 219 g/mol. The van der Waals surface area contributed by atoms with Gasteiger partial charge in [0.25, 0.3) is 0 Å². The molecular weight excluding hydrogens is 196 g/mol. The van der Waals surface area contributed by atoms with E-state index in [2.05, 4.69) is 6.08 Å². The van der Waals surface area contributed by atoms with Crippen LogP contribution >= 0.6 is 11.6 Å². The second-order valence-electron chi connectivity index (χ2n) is 3.54. The molecule has 0 saturated carbocycles. The van der Waals surface area contributed by atoms with Gasteiger partial charge in [0.2, 0.25) is 0 Å². The fourth-order valence-electron chi connectivity index (χ4n) is 1.40. The van der Waals surface area contributed by atoms with E-state index in [4.69, 9.17) is 11.6 Å². The Morgan fingerprint density at radius 3 is 2.08 bits per heavy atom. The molecule has 0 spiro atoms. The van der Waals surface area contributed by atoms with Crippen molar-refractivity contribution in [1.82, 2.24) is 0 Å². The van der Waals surface area contributed by atoms with Gasteiger partial charge in [0, 0.05) is 16.1 Å². The lowest BCUT2D eigenvalue weighted by Crippen LogP contribution is -1.79. The van der Waals surface area contributed by atoms with E-state index in [1.165, 1.54) is 61.2 Å². The molecule has 0 N–H and O–H groups in total. The summed E-state index contributed by atoms with van der Waals surface area (Å²) in [6, 6.07) is 1.48. The van der Waals surface area contributed by atoms with Crippen LogP contribution in [0.4, 0.5) is 0 Å². The Bertz CT molecular complexity index is 113. The molecule has 78 valence electrons. The zero-order chi connectivity index (χ0) is 9.78. The molecule has 0 bridgehead atoms. The fourth-order valence-corrected chi connectivity index (χ4v) is 2.03. The minimum atomic E-state index is 0.667. The number of rotatable bonds is 9. The van der Waals surface area contributed by atoms with Crippen LogP contribution in [0.15, 0.2) is 12.2 Å². The predicted octanol–water partition coefficient (Wildman–Crippen LogP) is 3.30. The Kier molecular flexibility index (Phi) is 12.5. The van der Waals surface area contributed by atoms with E-state index >= 15 is 0 Å². The van der Waals surface area contributed by atoms with E-state index in [1.807, 2.05) is 6.08 Å². The molecule has 0 aromatic carbocycles. The van der Waals surface area contributed by atoms with Gasteiger partial charge in [0.15, 0.2) is 0 Å². The van der Waals surface area contributed by atoms with Crippen LogP contribution in [0.3, 0.4) is 0 Å². The van der Waals surface area contributed by atoms with Gasteiger partial charge in [-0.2, -0.15) is 0 Å². The van der Waals surface area contributed by atoms with Crippen molar-refractivity contribution in [2.24, 2.45) is 0 Å². The number of alkyl halides is 1. The first-order valence-corrected chi connectivity index (χ1v) is 7.57. The Balaban J connectivity index is 2.87. The molecule has 13 heavy (non-hydrogen) atoms. The highest BCUT2D eigenvalue weighted by atomic mass is 35.5. The molecule has 0 fully saturated rings. The Hall–Kier alpha value is 0.247. The van der Waals surface area contributed by atoms with E-state index in [1.54, 1.807) is 0 Å². The van der Waals surface area contributed by atoms with Crippen molar-refractivity contribution in [2.75, 3.05) is 5.88 Å². The molecule has 0 aliphatic rings. The summed E-state index contributed by atoms with van der Waals surface area (Å²) in [5.41, 5.74) is 0. The van der Waals surface area contributed by atoms with Crippen molar-refractivity contribution >= 4 is 21.8 Å². The first kappa shape index (κ1) is 13.2. The summed E-state index contributed by atoms with van der Waals surface area (Å²) >= 11 is 5.52. The summed E-state index contributed by atoms with van der Waals surface area (Å²) < 4.78 is 0. The maximum absolute atomic E-state index is 5.52. The normalized spacial score (nSPS) is 11.5. The summed E-state index contributed by atoms with van der Waals surface area (Å²) in [6.07, 6.45) is 14.0. The first-order chi connectivity index (χ1) is 6.41. The zero-order valence-electron chi connectivity index (χ0n) is 8.90. The molecule has 0 rings (SSSR count). The van der Waals surface area contributed by atoms with E-state index in [0.717, 1.165) is 0 Å². The number of halogens is 1. The summed E-state index contributed by atoms with van der Waals surface area (Å²) in [5, 5.41) is 0. The number of hydrogen-bond acceptors (Lipinski definition) is 0. The SMILES string of the molecule is [SiH3]CCCCCCCCC=CCCl. The molecular formula is C11H23ClSi. The maximum Gasteiger partial charge on any atom is 0.0404 e. The second-order valence-corrected chi connectivity index (χ2v) is 4.84. The molecule has 0 nitrogen and oxygen atoms in total. The van der Waals surface area contributed by atoms with Crippen LogP contribution < -0.4 is 0 Å². The molecule has 0 aliphatic carbocycles. The van der Waals surface area contributed by atoms with Crippen LogP contribution in [0.2, 0.25) is 6.04 Å². The molecule has 0 aromatic heterocycles. The van der Waals surface area contributed by atoms with E-state index in [-0.39, 0.29) is 0 Å². The lowest BCUT2D eigenvalue weighted by molar-refractivity contribution is 0.611. The molecule has 0 aliphatic heterocycles. The lowest BCUT2D eigenvalue weighted by atomic mass is 10.1. The molecule has 0 amide bonds. The average Bonchev–Trinajstić information content (AvgIpc) is 2.16. The Morgan fingerprint density at radius 1 is 0.846 bits per heavy atom. The molecule has 0 unspecified atom stereocenters. The van der Waals surface area contributed by atoms with Gasteiger partial charge < -0.3 is 0 Å². The van der Waals surface area contributed by atoms with Gasteiger partial charge in [-0.05, 0) is 12.8 Å². The van der Waals surface area contributed by atoms with Crippen molar-refractivity contribution in [2.45, 2.75) is 51.0 Å². The smallest absolute Gasteiger partial charge is 0.0404 e. The maximum atomic E-state index is 5.52.